The number of anilines is 1. The highest BCUT2D eigenvalue weighted by Crippen LogP contribution is 2.31. The zero-order valence-corrected chi connectivity index (χ0v) is 17.1. The van der Waals surface area contributed by atoms with Crippen LogP contribution in [0.2, 0.25) is 0 Å². The molecule has 2 N–H and O–H groups in total. The molecule has 1 aliphatic heterocycles. The molecule has 0 aromatic heterocycles. The van der Waals surface area contributed by atoms with Gasteiger partial charge in [0.05, 0.1) is 12.6 Å². The molecular weight excluding hydrogens is 350 g/mol. The van der Waals surface area contributed by atoms with Crippen molar-refractivity contribution < 1.29 is 9.53 Å². The van der Waals surface area contributed by atoms with Crippen molar-refractivity contribution in [2.24, 2.45) is 0 Å². The third-order valence-corrected chi connectivity index (χ3v) is 5.49. The number of rotatable bonds is 6. The minimum Gasteiger partial charge on any atom is -0.494 e. The Bertz CT molecular complexity index is 750. The second-order valence-corrected chi connectivity index (χ2v) is 7.30. The van der Waals surface area contributed by atoms with E-state index >= 15 is 0 Å². The molecule has 1 aliphatic rings. The molecule has 2 aromatic rings. The number of benzene rings is 2. The normalized spacial score (nSPS) is 15.8. The minimum absolute atomic E-state index is 0.00416. The Balaban J connectivity index is 1.55. The lowest BCUT2D eigenvalue weighted by Crippen LogP contribution is -2.34. The maximum atomic E-state index is 11.5. The second-order valence-electron chi connectivity index (χ2n) is 7.30. The molecule has 0 radical (unpaired) electrons. The summed E-state index contributed by atoms with van der Waals surface area (Å²) in [5.41, 5.74) is 3.78. The summed E-state index contributed by atoms with van der Waals surface area (Å²) in [6.45, 7) is 6.83. The lowest BCUT2D eigenvalue weighted by Gasteiger charge is -2.34. The molecule has 1 unspecified atom stereocenters. The van der Waals surface area contributed by atoms with Crippen LogP contribution in [0, 0.1) is 0 Å². The third-order valence-electron chi connectivity index (χ3n) is 5.49. The highest BCUT2D eigenvalue weighted by atomic mass is 16.5. The quantitative estimate of drug-likeness (QED) is 0.777. The van der Waals surface area contributed by atoms with Gasteiger partial charge in [-0.1, -0.05) is 24.3 Å². The SMILES string of the molecule is CCOc1ccc(N2CCC(c3ccc(C(C)NC(=O)NC)cc3)CC2)cc1. The van der Waals surface area contributed by atoms with Gasteiger partial charge in [-0.15, -0.1) is 0 Å². The zero-order chi connectivity index (χ0) is 19.9. The van der Waals surface area contributed by atoms with Crippen LogP contribution in [-0.4, -0.2) is 32.8 Å². The van der Waals surface area contributed by atoms with E-state index < -0.39 is 0 Å². The summed E-state index contributed by atoms with van der Waals surface area (Å²) in [5, 5.41) is 5.51. The molecular formula is C23H31N3O2. The van der Waals surface area contributed by atoms with Crippen LogP contribution in [0.4, 0.5) is 10.5 Å². The molecule has 5 heteroatoms. The number of piperidine rings is 1. The van der Waals surface area contributed by atoms with Crippen molar-refractivity contribution in [2.75, 3.05) is 31.6 Å². The van der Waals surface area contributed by atoms with E-state index in [1.165, 1.54) is 11.3 Å². The largest absolute Gasteiger partial charge is 0.494 e. The van der Waals surface area contributed by atoms with Crippen LogP contribution in [0.15, 0.2) is 48.5 Å². The summed E-state index contributed by atoms with van der Waals surface area (Å²) >= 11 is 0. The fraction of sp³-hybridized carbons (Fsp3) is 0.435. The number of nitrogens with zero attached hydrogens (tertiary/aromatic N) is 1. The van der Waals surface area contributed by atoms with E-state index in [1.807, 2.05) is 13.8 Å². The van der Waals surface area contributed by atoms with Crippen LogP contribution < -0.4 is 20.3 Å². The second kappa shape index (κ2) is 9.49. The number of amides is 2. The first kappa shape index (κ1) is 20.1. The van der Waals surface area contributed by atoms with Gasteiger partial charge in [-0.2, -0.15) is 0 Å². The molecule has 2 aromatic carbocycles. The van der Waals surface area contributed by atoms with Gasteiger partial charge in [-0.3, -0.25) is 0 Å². The van der Waals surface area contributed by atoms with Gasteiger partial charge in [0.25, 0.3) is 0 Å². The number of carbonyl (C=O) groups excluding carboxylic acids is 1. The van der Waals surface area contributed by atoms with Gasteiger partial charge in [-0.25, -0.2) is 4.79 Å². The first-order valence-corrected chi connectivity index (χ1v) is 10.2. The molecule has 0 spiro atoms. The maximum absolute atomic E-state index is 11.5. The van der Waals surface area contributed by atoms with Crippen molar-refractivity contribution in [3.63, 3.8) is 0 Å². The topological polar surface area (TPSA) is 53.6 Å². The van der Waals surface area contributed by atoms with E-state index in [9.17, 15) is 4.79 Å². The van der Waals surface area contributed by atoms with Crippen LogP contribution in [0.3, 0.4) is 0 Å². The van der Waals surface area contributed by atoms with Gasteiger partial charge in [-0.05, 0) is 68.0 Å². The lowest BCUT2D eigenvalue weighted by molar-refractivity contribution is 0.240. The van der Waals surface area contributed by atoms with Crippen molar-refractivity contribution in [3.8, 4) is 5.75 Å². The Morgan fingerprint density at radius 2 is 1.75 bits per heavy atom. The number of hydrogen-bond acceptors (Lipinski definition) is 3. The summed E-state index contributed by atoms with van der Waals surface area (Å²) in [4.78, 5) is 13.9. The van der Waals surface area contributed by atoms with Crippen molar-refractivity contribution in [1.82, 2.24) is 10.6 Å². The fourth-order valence-electron chi connectivity index (χ4n) is 3.80. The molecule has 0 saturated carbocycles. The van der Waals surface area contributed by atoms with Crippen molar-refractivity contribution in [1.29, 1.82) is 0 Å². The van der Waals surface area contributed by atoms with E-state index in [0.29, 0.717) is 12.5 Å². The standard InChI is InChI=1S/C23H31N3O2/c1-4-28-22-11-9-21(10-12-22)26-15-13-20(14-16-26)19-7-5-18(6-8-19)17(2)25-23(27)24-3/h5-12,17,20H,4,13-16H2,1-3H3,(H2,24,25,27). The molecule has 0 aliphatic carbocycles. The molecule has 1 atom stereocenters. The molecule has 28 heavy (non-hydrogen) atoms. The van der Waals surface area contributed by atoms with Gasteiger partial charge < -0.3 is 20.3 Å². The van der Waals surface area contributed by atoms with Gasteiger partial charge in [0.2, 0.25) is 0 Å². The fourth-order valence-corrected chi connectivity index (χ4v) is 3.80. The Kier molecular flexibility index (Phi) is 6.80. The minimum atomic E-state index is -0.154. The van der Waals surface area contributed by atoms with E-state index in [-0.39, 0.29) is 12.1 Å². The summed E-state index contributed by atoms with van der Waals surface area (Å²) in [6, 6.07) is 17.0. The molecule has 1 fully saturated rings. The maximum Gasteiger partial charge on any atom is 0.315 e. The Morgan fingerprint density at radius 3 is 2.32 bits per heavy atom. The molecule has 3 rings (SSSR count). The highest BCUT2D eigenvalue weighted by Gasteiger charge is 2.21. The summed E-state index contributed by atoms with van der Waals surface area (Å²) in [7, 11) is 1.63. The number of hydrogen-bond donors (Lipinski definition) is 2. The Hall–Kier alpha value is -2.69. The average Bonchev–Trinajstić information content (AvgIpc) is 2.74. The lowest BCUT2D eigenvalue weighted by atomic mass is 9.88. The number of nitrogens with one attached hydrogen (secondary N) is 2. The number of ether oxygens (including phenoxy) is 1. The molecule has 1 heterocycles. The van der Waals surface area contributed by atoms with Gasteiger partial charge in [0.1, 0.15) is 5.75 Å². The van der Waals surface area contributed by atoms with Gasteiger partial charge in [0, 0.05) is 25.8 Å². The molecule has 1 saturated heterocycles. The van der Waals surface area contributed by atoms with Crippen LogP contribution >= 0.6 is 0 Å². The Labute approximate surface area is 168 Å². The van der Waals surface area contributed by atoms with Crippen LogP contribution in [0.25, 0.3) is 0 Å². The summed E-state index contributed by atoms with van der Waals surface area (Å²) in [6.07, 6.45) is 2.30. The van der Waals surface area contributed by atoms with E-state index in [2.05, 4.69) is 64.1 Å². The van der Waals surface area contributed by atoms with Crippen LogP contribution in [0.5, 0.6) is 5.75 Å². The summed E-state index contributed by atoms with van der Waals surface area (Å²) < 4.78 is 5.53. The van der Waals surface area contributed by atoms with E-state index in [4.69, 9.17) is 4.74 Å². The first-order chi connectivity index (χ1) is 13.6. The highest BCUT2D eigenvalue weighted by molar-refractivity contribution is 5.73. The van der Waals surface area contributed by atoms with Crippen molar-refractivity contribution in [2.45, 2.75) is 38.6 Å². The predicted octanol–water partition coefficient (Wildman–Crippen LogP) is 4.46. The smallest absolute Gasteiger partial charge is 0.315 e. The Morgan fingerprint density at radius 1 is 1.11 bits per heavy atom. The van der Waals surface area contributed by atoms with Crippen molar-refractivity contribution in [3.05, 3.63) is 59.7 Å². The van der Waals surface area contributed by atoms with Crippen LogP contribution in [-0.2, 0) is 0 Å². The van der Waals surface area contributed by atoms with E-state index in [1.54, 1.807) is 7.05 Å². The molecule has 150 valence electrons. The van der Waals surface area contributed by atoms with Crippen LogP contribution in [0.1, 0.15) is 49.8 Å². The van der Waals surface area contributed by atoms with E-state index in [0.717, 1.165) is 37.2 Å². The van der Waals surface area contributed by atoms with Gasteiger partial charge >= 0.3 is 6.03 Å². The summed E-state index contributed by atoms with van der Waals surface area (Å²) in [5.74, 6) is 1.52. The molecule has 5 nitrogen and oxygen atoms in total. The van der Waals surface area contributed by atoms with Gasteiger partial charge in [0.15, 0.2) is 0 Å². The average molecular weight is 382 g/mol. The number of urea groups is 1. The molecule has 0 bridgehead atoms. The predicted molar refractivity (Wildman–Crippen MR) is 114 cm³/mol. The van der Waals surface area contributed by atoms with Crippen molar-refractivity contribution >= 4 is 11.7 Å². The number of carbonyl (C=O) groups is 1. The zero-order valence-electron chi connectivity index (χ0n) is 17.1. The monoisotopic (exact) mass is 381 g/mol. The molecule has 2 amide bonds. The first-order valence-electron chi connectivity index (χ1n) is 10.2. The third kappa shape index (κ3) is 4.97.